The Hall–Kier alpha value is -3.69. The number of carbonyl (C=O) groups is 2. The minimum absolute atomic E-state index is 0. The van der Waals surface area contributed by atoms with Crippen molar-refractivity contribution in [1.82, 2.24) is 19.9 Å². The maximum absolute atomic E-state index is 11.5. The van der Waals surface area contributed by atoms with E-state index in [-0.39, 0.29) is 35.9 Å². The first-order valence-electron chi connectivity index (χ1n) is 14.3. The van der Waals surface area contributed by atoms with Crippen molar-refractivity contribution in [3.8, 4) is 0 Å². The van der Waals surface area contributed by atoms with E-state index in [4.69, 9.17) is 19.9 Å². The fourth-order valence-corrected chi connectivity index (χ4v) is 6.32. The Morgan fingerprint density at radius 1 is 0.581 bits per heavy atom. The zero-order chi connectivity index (χ0) is 30.3. The van der Waals surface area contributed by atoms with Crippen molar-refractivity contribution in [2.45, 2.75) is 79.1 Å². The molecular weight excluding hydrogens is 553 g/mol. The maximum Gasteiger partial charge on any atom is 2.00 e. The van der Waals surface area contributed by atoms with E-state index in [9.17, 15) is 19.8 Å². The van der Waals surface area contributed by atoms with Crippen LogP contribution in [0.5, 0.6) is 0 Å². The van der Waals surface area contributed by atoms with Crippen LogP contribution in [0.1, 0.15) is 103 Å². The maximum atomic E-state index is 11.5. The van der Waals surface area contributed by atoms with Crippen LogP contribution >= 0.6 is 0 Å². The predicted octanol–water partition coefficient (Wildman–Crippen LogP) is 4.37. The van der Waals surface area contributed by atoms with E-state index in [0.717, 1.165) is 90.1 Å². The summed E-state index contributed by atoms with van der Waals surface area (Å²) in [6.45, 7) is 16.2. The summed E-state index contributed by atoms with van der Waals surface area (Å²) in [6.07, 6.45) is 6.37. The van der Waals surface area contributed by atoms with Gasteiger partial charge in [-0.25, -0.2) is 0 Å². The number of aromatic nitrogens is 4. The third-order valence-electron chi connectivity index (χ3n) is 8.77. The first-order valence-corrected chi connectivity index (χ1v) is 14.3. The van der Waals surface area contributed by atoms with E-state index in [1.807, 2.05) is 26.0 Å². The second kappa shape index (κ2) is 12.9. The summed E-state index contributed by atoms with van der Waals surface area (Å²) >= 11 is 0. The van der Waals surface area contributed by atoms with Crippen LogP contribution in [0, 0.1) is 27.7 Å². The van der Waals surface area contributed by atoms with Gasteiger partial charge in [0.05, 0.1) is 0 Å². The van der Waals surface area contributed by atoms with Gasteiger partial charge in [0.1, 0.15) is 0 Å². The number of rotatable bonds is 8. The molecule has 4 aromatic heterocycles. The Kier molecular flexibility index (Phi) is 9.66. The first kappa shape index (κ1) is 32.2. The van der Waals surface area contributed by atoms with E-state index in [1.165, 1.54) is 0 Å². The molecule has 0 atom stereocenters. The number of carboxylic acid groups (broad SMARTS) is 2. The summed E-state index contributed by atoms with van der Waals surface area (Å²) in [5, 5.41) is 18.9. The van der Waals surface area contributed by atoms with Gasteiger partial charge in [0.2, 0.25) is 0 Å². The van der Waals surface area contributed by atoms with Gasteiger partial charge in [0, 0.05) is 12.8 Å². The molecule has 1 aliphatic heterocycles. The van der Waals surface area contributed by atoms with Crippen molar-refractivity contribution in [3.05, 3.63) is 103 Å². The van der Waals surface area contributed by atoms with Crippen LogP contribution < -0.4 is 19.9 Å². The van der Waals surface area contributed by atoms with Crippen molar-refractivity contribution in [2.24, 2.45) is 0 Å². The van der Waals surface area contributed by atoms with Gasteiger partial charge in [0.15, 0.2) is 0 Å². The molecule has 9 heteroatoms. The molecule has 8 nitrogen and oxygen atoms in total. The molecule has 0 saturated carbocycles. The molecule has 43 heavy (non-hydrogen) atoms. The second-order valence-corrected chi connectivity index (χ2v) is 11.2. The number of hydrogen-bond acceptors (Lipinski definition) is 2. The van der Waals surface area contributed by atoms with Crippen molar-refractivity contribution in [2.75, 3.05) is 0 Å². The van der Waals surface area contributed by atoms with Crippen LogP contribution in [0.4, 0.5) is 0 Å². The standard InChI is InChI=1S/C34H36N4O4.Mg/c1-7-21-17(3)25-13-26-19(5)23(9-11-33(39)40)31(37-26)16-32-24(10-12-34(41)42)20(6)28(38-32)15-30-22(8-2)18(4)27(36-30)14-29(21)35-25;/h7-8H,1-2,9-16H2,3-6H3,(H,39,40)(H,41,42);/q-4;+2. The zero-order valence-electron chi connectivity index (χ0n) is 25.4. The number of nitrogens with zero attached hydrogens (tertiary/aromatic N) is 4. The molecule has 5 heterocycles. The molecule has 0 aromatic carbocycles. The molecule has 1 aliphatic rings. The first-order chi connectivity index (χ1) is 20.0. The normalized spacial score (nSPS) is 12.6. The summed E-state index contributed by atoms with van der Waals surface area (Å²) in [5.74, 6) is -1.73. The largest absolute Gasteiger partial charge is 2.00 e. The Balaban J connectivity index is 0.00000423. The smallest absolute Gasteiger partial charge is 0.664 e. The summed E-state index contributed by atoms with van der Waals surface area (Å²) in [6, 6.07) is 0. The third-order valence-corrected chi connectivity index (χ3v) is 8.77. The van der Waals surface area contributed by atoms with E-state index >= 15 is 0 Å². The second-order valence-electron chi connectivity index (χ2n) is 11.2. The minimum atomic E-state index is -0.865. The SMILES string of the molecule is C=Cc1c2[n-]c(c1C)Cc1[n-]c(c(CCC(=O)O)c1C)Cc1[n-]c(c(C)c1CCC(=O)O)Cc1[n-]c(c(C)c1C=C)C2.[Mg+2]. The average Bonchev–Trinajstić information content (AvgIpc) is 3.59. The van der Waals surface area contributed by atoms with Gasteiger partial charge in [0.25, 0.3) is 0 Å². The van der Waals surface area contributed by atoms with Crippen molar-refractivity contribution < 1.29 is 19.8 Å². The molecule has 5 rings (SSSR count). The number of hydrogen-bond donors (Lipinski definition) is 2. The van der Waals surface area contributed by atoms with Crippen LogP contribution in [0.2, 0.25) is 0 Å². The molecule has 8 bridgehead atoms. The van der Waals surface area contributed by atoms with E-state index < -0.39 is 11.9 Å². The monoisotopic (exact) mass is 588 g/mol. The van der Waals surface area contributed by atoms with E-state index in [0.29, 0.717) is 38.5 Å². The quantitative estimate of drug-likeness (QED) is 0.256. The van der Waals surface area contributed by atoms with Crippen LogP contribution in [0.15, 0.2) is 13.2 Å². The van der Waals surface area contributed by atoms with Gasteiger partial charge < -0.3 is 30.1 Å². The van der Waals surface area contributed by atoms with Gasteiger partial charge >= 0.3 is 35.0 Å². The fourth-order valence-electron chi connectivity index (χ4n) is 6.32. The Morgan fingerprint density at radius 3 is 1.23 bits per heavy atom. The molecule has 0 spiro atoms. The fraction of sp³-hybridized carbons (Fsp3) is 0.353. The van der Waals surface area contributed by atoms with Gasteiger partial charge in [-0.3, -0.25) is 9.59 Å². The van der Waals surface area contributed by atoms with Crippen LogP contribution in [-0.4, -0.2) is 45.2 Å². The summed E-state index contributed by atoms with van der Waals surface area (Å²) < 4.78 is 0. The molecule has 4 aromatic rings. The number of aliphatic carboxylic acids is 2. The molecule has 0 radical (unpaired) electrons. The molecule has 0 amide bonds. The molecular formula is C34H36MgN4O4-2. The van der Waals surface area contributed by atoms with E-state index in [2.05, 4.69) is 27.0 Å². The van der Waals surface area contributed by atoms with Crippen LogP contribution in [-0.2, 0) is 48.1 Å². The Bertz CT molecular complexity index is 1730. The number of fused-ring (bicyclic) bond motifs is 8. The third kappa shape index (κ3) is 6.19. The van der Waals surface area contributed by atoms with Crippen molar-refractivity contribution in [1.29, 1.82) is 0 Å². The molecule has 0 aliphatic carbocycles. The molecule has 0 unspecified atom stereocenters. The zero-order valence-corrected chi connectivity index (χ0v) is 26.8. The number of carboxylic acids is 2. The average molecular weight is 589 g/mol. The summed E-state index contributed by atoms with van der Waals surface area (Å²) in [5.41, 5.74) is 14.9. The summed E-state index contributed by atoms with van der Waals surface area (Å²) in [4.78, 5) is 43.3. The van der Waals surface area contributed by atoms with E-state index in [1.54, 1.807) is 0 Å². The van der Waals surface area contributed by atoms with Gasteiger partial charge in [-0.15, -0.1) is 11.4 Å². The Morgan fingerprint density at radius 2 is 0.884 bits per heavy atom. The van der Waals surface area contributed by atoms with Crippen molar-refractivity contribution >= 4 is 47.1 Å². The van der Waals surface area contributed by atoms with Gasteiger partial charge in [-0.1, -0.05) is 58.7 Å². The van der Waals surface area contributed by atoms with Gasteiger partial charge in [-0.2, -0.15) is 34.2 Å². The van der Waals surface area contributed by atoms with Gasteiger partial charge in [-0.05, 0) is 77.3 Å². The van der Waals surface area contributed by atoms with Crippen LogP contribution in [0.3, 0.4) is 0 Å². The van der Waals surface area contributed by atoms with Crippen LogP contribution in [0.25, 0.3) is 12.2 Å². The van der Waals surface area contributed by atoms with Crippen molar-refractivity contribution in [3.63, 3.8) is 0 Å². The molecule has 220 valence electrons. The topological polar surface area (TPSA) is 131 Å². The minimum Gasteiger partial charge on any atom is -0.664 e. The molecule has 0 fully saturated rings. The Labute approximate surface area is 268 Å². The molecule has 2 N–H and O–H groups in total. The summed E-state index contributed by atoms with van der Waals surface area (Å²) in [7, 11) is 0. The molecule has 0 saturated heterocycles. The predicted molar refractivity (Wildman–Crippen MR) is 167 cm³/mol.